The van der Waals surface area contributed by atoms with Crippen LogP contribution in [0.1, 0.15) is 26.3 Å². The molecular formula is C16H18N6. The topological polar surface area (TPSA) is 101 Å². The fourth-order valence-electron chi connectivity index (χ4n) is 1.87. The first-order chi connectivity index (χ1) is 10.4. The molecule has 0 aliphatic carbocycles. The highest BCUT2D eigenvalue weighted by atomic mass is 15.0. The van der Waals surface area contributed by atoms with Gasteiger partial charge in [-0.15, -0.1) is 0 Å². The zero-order valence-electron chi connectivity index (χ0n) is 12.9. The molecule has 0 atom stereocenters. The van der Waals surface area contributed by atoms with E-state index in [0.29, 0.717) is 17.9 Å². The minimum atomic E-state index is 0.101. The molecular weight excluding hydrogens is 276 g/mol. The maximum Gasteiger partial charge on any atom is 0.156 e. The second kappa shape index (κ2) is 6.28. The Morgan fingerprint density at radius 1 is 1.36 bits per heavy atom. The zero-order valence-corrected chi connectivity index (χ0v) is 12.9. The van der Waals surface area contributed by atoms with Crippen molar-refractivity contribution in [3.8, 4) is 12.1 Å². The SMILES string of the molecule is CC(C)(C)CNc1cnc2[nH]cc(CC=C(C#N)C#N)c2n1. The number of fused-ring (bicyclic) bond motifs is 1. The van der Waals surface area contributed by atoms with E-state index in [9.17, 15) is 0 Å². The summed E-state index contributed by atoms with van der Waals surface area (Å²) in [6, 6.07) is 3.70. The maximum absolute atomic E-state index is 8.77. The fourth-order valence-corrected chi connectivity index (χ4v) is 1.87. The van der Waals surface area contributed by atoms with E-state index in [1.54, 1.807) is 18.5 Å². The van der Waals surface area contributed by atoms with Gasteiger partial charge in [-0.1, -0.05) is 26.8 Å². The number of allylic oxidation sites excluding steroid dienone is 2. The number of nitrogens with one attached hydrogen (secondary N) is 2. The molecule has 0 saturated heterocycles. The van der Waals surface area contributed by atoms with Gasteiger partial charge in [0.05, 0.1) is 6.20 Å². The van der Waals surface area contributed by atoms with Gasteiger partial charge >= 0.3 is 0 Å². The molecule has 6 heteroatoms. The summed E-state index contributed by atoms with van der Waals surface area (Å²) in [7, 11) is 0. The lowest BCUT2D eigenvalue weighted by molar-refractivity contribution is 0.442. The molecule has 0 aliphatic rings. The largest absolute Gasteiger partial charge is 0.368 e. The predicted molar refractivity (Wildman–Crippen MR) is 84.8 cm³/mol. The van der Waals surface area contributed by atoms with Crippen molar-refractivity contribution < 1.29 is 0 Å². The van der Waals surface area contributed by atoms with Crippen molar-refractivity contribution >= 4 is 17.0 Å². The van der Waals surface area contributed by atoms with Crippen molar-refractivity contribution in [2.75, 3.05) is 11.9 Å². The molecule has 0 saturated carbocycles. The van der Waals surface area contributed by atoms with Gasteiger partial charge in [-0.25, -0.2) is 9.97 Å². The first-order valence-electron chi connectivity index (χ1n) is 7.00. The van der Waals surface area contributed by atoms with E-state index in [-0.39, 0.29) is 11.0 Å². The Hall–Kier alpha value is -2.86. The molecule has 2 N–H and O–H groups in total. The Morgan fingerprint density at radius 3 is 2.73 bits per heavy atom. The van der Waals surface area contributed by atoms with Gasteiger partial charge in [0.1, 0.15) is 29.0 Å². The van der Waals surface area contributed by atoms with Crippen LogP contribution in [-0.2, 0) is 6.42 Å². The molecule has 0 radical (unpaired) electrons. The Morgan fingerprint density at radius 2 is 2.09 bits per heavy atom. The third kappa shape index (κ3) is 3.83. The van der Waals surface area contributed by atoms with Crippen molar-refractivity contribution in [3.63, 3.8) is 0 Å². The number of anilines is 1. The molecule has 0 aliphatic heterocycles. The molecule has 22 heavy (non-hydrogen) atoms. The fraction of sp³-hybridized carbons (Fsp3) is 0.375. The van der Waals surface area contributed by atoms with Crippen molar-refractivity contribution in [3.05, 3.63) is 29.6 Å². The van der Waals surface area contributed by atoms with Gasteiger partial charge in [0.15, 0.2) is 5.65 Å². The van der Waals surface area contributed by atoms with Crippen LogP contribution in [0.15, 0.2) is 24.0 Å². The molecule has 0 amide bonds. The van der Waals surface area contributed by atoms with E-state index >= 15 is 0 Å². The Bertz CT molecular complexity index is 764. The average molecular weight is 294 g/mol. The lowest BCUT2D eigenvalue weighted by atomic mass is 9.97. The van der Waals surface area contributed by atoms with Gasteiger partial charge in [0.2, 0.25) is 0 Å². The number of H-pyrrole nitrogens is 1. The van der Waals surface area contributed by atoms with E-state index in [1.807, 2.05) is 12.1 Å². The predicted octanol–water partition coefficient (Wildman–Crippen LogP) is 2.93. The Labute approximate surface area is 129 Å². The average Bonchev–Trinajstić information content (AvgIpc) is 2.88. The number of aromatic amines is 1. The highest BCUT2D eigenvalue weighted by Crippen LogP contribution is 2.19. The van der Waals surface area contributed by atoms with Gasteiger partial charge < -0.3 is 10.3 Å². The van der Waals surface area contributed by atoms with Crippen molar-refractivity contribution in [2.24, 2.45) is 5.41 Å². The molecule has 0 aromatic carbocycles. The number of rotatable bonds is 4. The summed E-state index contributed by atoms with van der Waals surface area (Å²) in [6.45, 7) is 7.22. The van der Waals surface area contributed by atoms with Crippen LogP contribution < -0.4 is 5.32 Å². The van der Waals surface area contributed by atoms with Crippen LogP contribution in [0.25, 0.3) is 11.2 Å². The first-order valence-corrected chi connectivity index (χ1v) is 7.00. The summed E-state index contributed by atoms with van der Waals surface area (Å²) >= 11 is 0. The maximum atomic E-state index is 8.77. The van der Waals surface area contributed by atoms with Gasteiger partial charge in [0.25, 0.3) is 0 Å². The normalized spacial score (nSPS) is 10.8. The van der Waals surface area contributed by atoms with Gasteiger partial charge in [-0.05, 0) is 11.8 Å². The van der Waals surface area contributed by atoms with E-state index in [2.05, 4.69) is 41.0 Å². The van der Waals surface area contributed by atoms with E-state index in [0.717, 1.165) is 17.6 Å². The second-order valence-corrected chi connectivity index (χ2v) is 6.23. The molecule has 0 spiro atoms. The van der Waals surface area contributed by atoms with Crippen LogP contribution in [0.3, 0.4) is 0 Å². The van der Waals surface area contributed by atoms with Crippen molar-refractivity contribution in [1.29, 1.82) is 10.5 Å². The number of hydrogen-bond acceptors (Lipinski definition) is 5. The summed E-state index contributed by atoms with van der Waals surface area (Å²) in [5.41, 5.74) is 2.61. The van der Waals surface area contributed by atoms with E-state index in [1.165, 1.54) is 0 Å². The number of nitrogens with zero attached hydrogens (tertiary/aromatic N) is 4. The van der Waals surface area contributed by atoms with Gasteiger partial charge in [-0.3, -0.25) is 0 Å². The van der Waals surface area contributed by atoms with Gasteiger partial charge in [0, 0.05) is 18.3 Å². The summed E-state index contributed by atoms with van der Waals surface area (Å²) in [6.07, 6.45) is 5.56. The minimum Gasteiger partial charge on any atom is -0.368 e. The van der Waals surface area contributed by atoms with Crippen molar-refractivity contribution in [1.82, 2.24) is 15.0 Å². The standard InChI is InChI=1S/C16H18N6/c1-16(2,3)10-21-13-9-20-15-14(22-13)12(8-19-15)5-4-11(6-17)7-18/h4,8-9H,5,10H2,1-3H3,(H,19,20)(H,21,22). The van der Waals surface area contributed by atoms with Crippen molar-refractivity contribution in [2.45, 2.75) is 27.2 Å². The number of nitriles is 2. The van der Waals surface area contributed by atoms with Crippen LogP contribution in [0.5, 0.6) is 0 Å². The number of hydrogen-bond donors (Lipinski definition) is 2. The van der Waals surface area contributed by atoms with E-state index < -0.39 is 0 Å². The molecule has 2 aromatic rings. The first kappa shape index (κ1) is 15.5. The Balaban J connectivity index is 2.24. The third-order valence-electron chi connectivity index (χ3n) is 3.03. The highest BCUT2D eigenvalue weighted by molar-refractivity contribution is 5.76. The minimum absolute atomic E-state index is 0.101. The zero-order chi connectivity index (χ0) is 16.2. The Kier molecular flexibility index (Phi) is 4.43. The monoisotopic (exact) mass is 294 g/mol. The van der Waals surface area contributed by atoms with Crippen LogP contribution in [0.2, 0.25) is 0 Å². The summed E-state index contributed by atoms with van der Waals surface area (Å²) < 4.78 is 0. The quantitative estimate of drug-likeness (QED) is 0.844. The van der Waals surface area contributed by atoms with Crippen LogP contribution >= 0.6 is 0 Å². The lowest BCUT2D eigenvalue weighted by Crippen LogP contribution is -2.19. The molecule has 2 rings (SSSR count). The lowest BCUT2D eigenvalue weighted by Gasteiger charge is -2.18. The molecule has 0 fully saturated rings. The molecule has 2 aromatic heterocycles. The molecule has 6 nitrogen and oxygen atoms in total. The molecule has 112 valence electrons. The molecule has 0 unspecified atom stereocenters. The molecule has 0 bridgehead atoms. The third-order valence-corrected chi connectivity index (χ3v) is 3.03. The van der Waals surface area contributed by atoms with Crippen LogP contribution in [-0.4, -0.2) is 21.5 Å². The van der Waals surface area contributed by atoms with Crippen LogP contribution in [0, 0.1) is 28.1 Å². The van der Waals surface area contributed by atoms with Crippen LogP contribution in [0.4, 0.5) is 5.82 Å². The highest BCUT2D eigenvalue weighted by Gasteiger charge is 2.11. The smallest absolute Gasteiger partial charge is 0.156 e. The summed E-state index contributed by atoms with van der Waals surface area (Å²) in [4.78, 5) is 12.0. The summed E-state index contributed by atoms with van der Waals surface area (Å²) in [5.74, 6) is 0.716. The summed E-state index contributed by atoms with van der Waals surface area (Å²) in [5, 5.41) is 20.8. The van der Waals surface area contributed by atoms with E-state index in [4.69, 9.17) is 10.5 Å². The second-order valence-electron chi connectivity index (χ2n) is 6.23. The number of aromatic nitrogens is 3. The molecule has 2 heterocycles. The van der Waals surface area contributed by atoms with Gasteiger partial charge in [-0.2, -0.15) is 10.5 Å².